The van der Waals surface area contributed by atoms with Crippen molar-refractivity contribution in [2.45, 2.75) is 30.7 Å². The van der Waals surface area contributed by atoms with E-state index in [2.05, 4.69) is 0 Å². The van der Waals surface area contributed by atoms with Gasteiger partial charge in [-0.15, -0.1) is 0 Å². The van der Waals surface area contributed by atoms with Crippen LogP contribution in [-0.4, -0.2) is 32.3 Å². The molecule has 0 aliphatic heterocycles. The van der Waals surface area contributed by atoms with Gasteiger partial charge in [-0.2, -0.15) is 0 Å². The van der Waals surface area contributed by atoms with Gasteiger partial charge in [0.05, 0.1) is 4.90 Å². The van der Waals surface area contributed by atoms with Crippen LogP contribution in [0.4, 0.5) is 0 Å². The van der Waals surface area contributed by atoms with Crippen LogP contribution in [0.1, 0.15) is 28.8 Å². The predicted molar refractivity (Wildman–Crippen MR) is 72.7 cm³/mol. The van der Waals surface area contributed by atoms with Crippen LogP contribution in [0.25, 0.3) is 0 Å². The molecule has 0 saturated heterocycles. The molecule has 1 aliphatic carbocycles. The molecule has 1 aromatic carbocycles. The van der Waals surface area contributed by atoms with Gasteiger partial charge >= 0.3 is 0 Å². The van der Waals surface area contributed by atoms with Gasteiger partial charge in [0.2, 0.25) is 10.0 Å². The van der Waals surface area contributed by atoms with Crippen molar-refractivity contribution in [3.05, 3.63) is 28.3 Å². The predicted octanol–water partition coefficient (Wildman–Crippen LogP) is 1.53. The summed E-state index contributed by atoms with van der Waals surface area (Å²) >= 11 is 5.88. The normalized spacial score (nSPS) is 15.4. The number of carbonyl (C=O) groups is 1. The summed E-state index contributed by atoms with van der Waals surface area (Å²) in [6.07, 6.45) is 1.95. The van der Waals surface area contributed by atoms with Gasteiger partial charge in [-0.3, -0.25) is 4.79 Å². The third-order valence-electron chi connectivity index (χ3n) is 3.28. The Morgan fingerprint density at radius 1 is 1.42 bits per heavy atom. The summed E-state index contributed by atoms with van der Waals surface area (Å²) in [5.41, 5.74) is 0.621. The molecule has 7 heteroatoms. The Bertz CT molecular complexity index is 639. The molecule has 19 heavy (non-hydrogen) atoms. The molecule has 0 unspecified atom stereocenters. The van der Waals surface area contributed by atoms with Crippen molar-refractivity contribution in [3.8, 4) is 0 Å². The van der Waals surface area contributed by atoms with E-state index in [0.717, 1.165) is 12.8 Å². The molecule has 1 amide bonds. The minimum absolute atomic E-state index is 0.104. The Labute approximate surface area is 117 Å². The summed E-state index contributed by atoms with van der Waals surface area (Å²) in [5, 5.41) is 5.32. The van der Waals surface area contributed by atoms with Crippen LogP contribution in [0, 0.1) is 6.92 Å². The van der Waals surface area contributed by atoms with Crippen molar-refractivity contribution < 1.29 is 13.2 Å². The first-order valence-corrected chi connectivity index (χ1v) is 7.74. The highest BCUT2D eigenvalue weighted by Gasteiger charge is 2.31. The summed E-state index contributed by atoms with van der Waals surface area (Å²) in [6.45, 7) is 1.56. The number of nitrogens with two attached hydrogens (primary N) is 1. The van der Waals surface area contributed by atoms with E-state index in [9.17, 15) is 13.2 Å². The molecule has 104 valence electrons. The first kappa shape index (κ1) is 14.3. The van der Waals surface area contributed by atoms with E-state index in [1.807, 2.05) is 0 Å². The summed E-state index contributed by atoms with van der Waals surface area (Å²) < 4.78 is 23.0. The zero-order chi connectivity index (χ0) is 14.4. The number of sulfonamides is 1. The second-order valence-electron chi connectivity index (χ2n) is 4.77. The number of carbonyl (C=O) groups excluding carboxylic acids is 1. The van der Waals surface area contributed by atoms with Crippen molar-refractivity contribution in [3.63, 3.8) is 0 Å². The maximum Gasteiger partial charge on any atom is 0.254 e. The second-order valence-corrected chi connectivity index (χ2v) is 6.74. The Hall–Kier alpha value is -1.11. The highest BCUT2D eigenvalue weighted by atomic mass is 35.5. The third-order valence-corrected chi connectivity index (χ3v) is 4.53. The second kappa shape index (κ2) is 4.77. The molecule has 1 fully saturated rings. The Morgan fingerprint density at radius 2 is 2.00 bits per heavy atom. The minimum atomic E-state index is -3.90. The van der Waals surface area contributed by atoms with Crippen molar-refractivity contribution >= 4 is 27.5 Å². The van der Waals surface area contributed by atoms with Crippen LogP contribution in [0.2, 0.25) is 5.02 Å². The maximum atomic E-state index is 12.3. The smallest absolute Gasteiger partial charge is 0.254 e. The number of amides is 1. The van der Waals surface area contributed by atoms with Crippen LogP contribution in [0.5, 0.6) is 0 Å². The van der Waals surface area contributed by atoms with Crippen LogP contribution >= 0.6 is 11.6 Å². The molecule has 0 atom stereocenters. The molecule has 0 aromatic heterocycles. The summed E-state index contributed by atoms with van der Waals surface area (Å²) in [5.74, 6) is -0.229. The molecule has 0 bridgehead atoms. The highest BCUT2D eigenvalue weighted by Crippen LogP contribution is 2.29. The lowest BCUT2D eigenvalue weighted by atomic mass is 10.1. The monoisotopic (exact) mass is 302 g/mol. The number of halogens is 1. The molecule has 0 radical (unpaired) electrons. The standard InChI is InChI=1S/C12H15ClN2O3S/c1-7-10(12(16)15(2)9-3-4-9)5-8(13)6-11(7)19(14,17)18/h5-6,9H,3-4H2,1-2H3,(H2,14,17,18). The zero-order valence-electron chi connectivity index (χ0n) is 10.7. The first-order chi connectivity index (χ1) is 8.71. The van der Waals surface area contributed by atoms with Gasteiger partial charge in [0.15, 0.2) is 0 Å². The number of primary sulfonamides is 1. The van der Waals surface area contributed by atoms with E-state index >= 15 is 0 Å². The number of rotatable bonds is 3. The first-order valence-electron chi connectivity index (χ1n) is 5.82. The molecule has 0 heterocycles. The largest absolute Gasteiger partial charge is 0.339 e. The fourth-order valence-electron chi connectivity index (χ4n) is 1.99. The lowest BCUT2D eigenvalue weighted by molar-refractivity contribution is 0.0784. The molecular formula is C12H15ClN2O3S. The fourth-order valence-corrected chi connectivity index (χ4v) is 3.10. The number of benzene rings is 1. The van der Waals surface area contributed by atoms with Crippen molar-refractivity contribution in [2.24, 2.45) is 5.14 Å². The molecule has 2 N–H and O–H groups in total. The van der Waals surface area contributed by atoms with Gasteiger partial charge in [-0.25, -0.2) is 13.6 Å². The SMILES string of the molecule is Cc1c(C(=O)N(C)C2CC2)cc(Cl)cc1S(N)(=O)=O. The maximum absolute atomic E-state index is 12.3. The van der Waals surface area contributed by atoms with E-state index in [4.69, 9.17) is 16.7 Å². The van der Waals surface area contributed by atoms with Crippen molar-refractivity contribution in [1.82, 2.24) is 4.90 Å². The van der Waals surface area contributed by atoms with E-state index in [0.29, 0.717) is 5.56 Å². The van der Waals surface area contributed by atoms with Gasteiger partial charge in [0, 0.05) is 23.7 Å². The zero-order valence-corrected chi connectivity index (χ0v) is 12.3. The van der Waals surface area contributed by atoms with Crippen LogP contribution < -0.4 is 5.14 Å². The van der Waals surface area contributed by atoms with Crippen LogP contribution in [-0.2, 0) is 10.0 Å². The quantitative estimate of drug-likeness (QED) is 0.919. The third kappa shape index (κ3) is 2.91. The molecule has 2 rings (SSSR count). The highest BCUT2D eigenvalue weighted by molar-refractivity contribution is 7.89. The van der Waals surface area contributed by atoms with Gasteiger partial charge in [0.1, 0.15) is 0 Å². The molecule has 5 nitrogen and oxygen atoms in total. The minimum Gasteiger partial charge on any atom is -0.339 e. The average Bonchev–Trinajstić information content (AvgIpc) is 3.12. The summed E-state index contributed by atoms with van der Waals surface area (Å²) in [7, 11) is -2.19. The van der Waals surface area contributed by atoms with Gasteiger partial charge < -0.3 is 4.90 Å². The van der Waals surface area contributed by atoms with Gasteiger partial charge in [-0.1, -0.05) is 11.6 Å². The molecule has 1 aliphatic rings. The molecular weight excluding hydrogens is 288 g/mol. The molecule has 0 spiro atoms. The van der Waals surface area contributed by atoms with Crippen molar-refractivity contribution in [2.75, 3.05) is 7.05 Å². The Morgan fingerprint density at radius 3 is 2.47 bits per heavy atom. The Kier molecular flexibility index (Phi) is 3.59. The number of nitrogens with zero attached hydrogens (tertiary/aromatic N) is 1. The summed E-state index contributed by atoms with van der Waals surface area (Å²) in [4.78, 5) is 13.8. The van der Waals surface area contributed by atoms with E-state index in [1.165, 1.54) is 12.1 Å². The average molecular weight is 303 g/mol. The van der Waals surface area contributed by atoms with Crippen LogP contribution in [0.15, 0.2) is 17.0 Å². The van der Waals surface area contributed by atoms with Crippen molar-refractivity contribution in [1.29, 1.82) is 0 Å². The lowest BCUT2D eigenvalue weighted by Gasteiger charge is -2.18. The van der Waals surface area contributed by atoms with E-state index in [-0.39, 0.29) is 27.4 Å². The lowest BCUT2D eigenvalue weighted by Crippen LogP contribution is -2.30. The van der Waals surface area contributed by atoms with E-state index in [1.54, 1.807) is 18.9 Å². The van der Waals surface area contributed by atoms with Gasteiger partial charge in [0.25, 0.3) is 5.91 Å². The number of hydrogen-bond acceptors (Lipinski definition) is 3. The topological polar surface area (TPSA) is 80.5 Å². The Balaban J connectivity index is 2.51. The molecule has 1 saturated carbocycles. The summed E-state index contributed by atoms with van der Waals surface area (Å²) in [6, 6.07) is 2.98. The number of hydrogen-bond donors (Lipinski definition) is 1. The van der Waals surface area contributed by atoms with Gasteiger partial charge in [-0.05, 0) is 37.5 Å². The van der Waals surface area contributed by atoms with E-state index < -0.39 is 10.0 Å². The fraction of sp³-hybridized carbons (Fsp3) is 0.417. The van der Waals surface area contributed by atoms with Crippen LogP contribution in [0.3, 0.4) is 0 Å². The molecule has 1 aromatic rings.